The van der Waals surface area contributed by atoms with Gasteiger partial charge in [-0.25, -0.2) is 4.98 Å². The lowest BCUT2D eigenvalue weighted by molar-refractivity contribution is 0.585. The summed E-state index contributed by atoms with van der Waals surface area (Å²) in [4.78, 5) is 10.9. The molecule has 4 aromatic rings. The summed E-state index contributed by atoms with van der Waals surface area (Å²) in [7, 11) is 3.93. The molecule has 0 aliphatic rings. The van der Waals surface area contributed by atoms with Gasteiger partial charge in [-0.05, 0) is 17.7 Å². The molecular formula is C22H19ClN6O. The fourth-order valence-electron chi connectivity index (χ4n) is 2.75. The fourth-order valence-corrected chi connectivity index (χ4v) is 2.94. The van der Waals surface area contributed by atoms with Gasteiger partial charge < -0.3 is 14.6 Å². The van der Waals surface area contributed by atoms with Crippen molar-refractivity contribution in [3.05, 3.63) is 78.1 Å². The van der Waals surface area contributed by atoms with E-state index >= 15 is 0 Å². The molecule has 0 aliphatic carbocycles. The third-order valence-corrected chi connectivity index (χ3v) is 4.78. The summed E-state index contributed by atoms with van der Waals surface area (Å²) >= 11 is 6.15. The van der Waals surface area contributed by atoms with E-state index in [1.807, 2.05) is 61.5 Å². The van der Waals surface area contributed by atoms with Gasteiger partial charge in [0, 0.05) is 25.4 Å². The van der Waals surface area contributed by atoms with E-state index in [0.29, 0.717) is 22.1 Å². The minimum absolute atomic E-state index is 0.219. The van der Waals surface area contributed by atoms with Crippen molar-refractivity contribution in [2.75, 3.05) is 19.4 Å². The first kappa shape index (κ1) is 19.6. The number of hydrogen-bond acceptors (Lipinski definition) is 7. The number of anilines is 2. The summed E-state index contributed by atoms with van der Waals surface area (Å²) in [5.41, 5.74) is 4.76. The molecule has 8 heteroatoms. The van der Waals surface area contributed by atoms with Crippen LogP contribution in [-0.2, 0) is 0 Å². The predicted octanol–water partition coefficient (Wildman–Crippen LogP) is 5.12. The molecule has 2 aromatic carbocycles. The van der Waals surface area contributed by atoms with Crippen LogP contribution in [0, 0.1) is 0 Å². The third kappa shape index (κ3) is 4.16. The molecule has 0 amide bonds. The van der Waals surface area contributed by atoms with Crippen LogP contribution in [0.3, 0.4) is 0 Å². The van der Waals surface area contributed by atoms with Gasteiger partial charge in [-0.3, -0.25) is 4.98 Å². The molecule has 1 N–H and O–H groups in total. The average molecular weight is 419 g/mol. The van der Waals surface area contributed by atoms with Crippen LogP contribution in [0.1, 0.15) is 5.56 Å². The molecule has 0 fully saturated rings. The topological polar surface area (TPSA) is 80.0 Å². The lowest BCUT2D eigenvalue weighted by atomic mass is 10.1. The summed E-state index contributed by atoms with van der Waals surface area (Å²) in [6.45, 7) is 4.07. The van der Waals surface area contributed by atoms with E-state index in [-0.39, 0.29) is 11.9 Å². The Bertz CT molecular complexity index is 1190. The zero-order chi connectivity index (χ0) is 21.1. The second-order valence-electron chi connectivity index (χ2n) is 6.73. The van der Waals surface area contributed by atoms with Crippen LogP contribution in [0.2, 0.25) is 5.02 Å². The highest BCUT2D eigenvalue weighted by molar-refractivity contribution is 6.33. The van der Waals surface area contributed by atoms with Crippen molar-refractivity contribution < 1.29 is 4.42 Å². The molecule has 7 nitrogen and oxygen atoms in total. The van der Waals surface area contributed by atoms with Crippen molar-refractivity contribution in [2.45, 2.75) is 0 Å². The summed E-state index contributed by atoms with van der Waals surface area (Å²) in [6.07, 6.45) is 3.27. The Kier molecular flexibility index (Phi) is 5.45. The van der Waals surface area contributed by atoms with Gasteiger partial charge in [0.15, 0.2) is 0 Å². The molecule has 2 heterocycles. The van der Waals surface area contributed by atoms with Crippen LogP contribution < -0.4 is 5.32 Å². The Morgan fingerprint density at radius 2 is 1.73 bits per heavy atom. The Morgan fingerprint density at radius 3 is 2.47 bits per heavy atom. The molecule has 0 saturated carbocycles. The van der Waals surface area contributed by atoms with Gasteiger partial charge in [-0.1, -0.05) is 59.7 Å². The normalized spacial score (nSPS) is 10.6. The molecule has 0 spiro atoms. The van der Waals surface area contributed by atoms with Gasteiger partial charge in [0.2, 0.25) is 0 Å². The highest BCUT2D eigenvalue weighted by Gasteiger charge is 2.13. The van der Waals surface area contributed by atoms with Crippen molar-refractivity contribution >= 4 is 29.0 Å². The monoisotopic (exact) mass is 418 g/mol. The Labute approximate surface area is 179 Å². The number of nitrogens with zero attached hydrogens (tertiary/aromatic N) is 5. The summed E-state index contributed by atoms with van der Waals surface area (Å²) in [5, 5.41) is 11.6. The van der Waals surface area contributed by atoms with E-state index in [0.717, 1.165) is 16.8 Å². The van der Waals surface area contributed by atoms with Crippen LogP contribution in [-0.4, -0.2) is 39.2 Å². The molecule has 0 bridgehead atoms. The highest BCUT2D eigenvalue weighted by Crippen LogP contribution is 2.27. The summed E-state index contributed by atoms with van der Waals surface area (Å²) < 4.78 is 5.68. The Morgan fingerprint density at radius 1 is 1.00 bits per heavy atom. The summed E-state index contributed by atoms with van der Waals surface area (Å²) in [5.74, 6) is 0.261. The van der Waals surface area contributed by atoms with Crippen LogP contribution in [0.25, 0.3) is 28.5 Å². The standard InChI is InChI=1S/C22H19ClN6O/c1-14(29(2)3)15-8-10-16(11-9-15)19-12-24-13-20(25-19)21-27-28-22(30-21)26-18-7-5-4-6-17(18)23/h4-13H,1H2,2-3H3,(H,26,28). The first-order valence-electron chi connectivity index (χ1n) is 9.16. The lowest BCUT2D eigenvalue weighted by Crippen LogP contribution is -2.08. The molecule has 4 rings (SSSR count). The van der Waals surface area contributed by atoms with E-state index in [2.05, 4.69) is 32.1 Å². The van der Waals surface area contributed by atoms with Crippen molar-refractivity contribution in [2.24, 2.45) is 0 Å². The highest BCUT2D eigenvalue weighted by atomic mass is 35.5. The molecule has 0 unspecified atom stereocenters. The lowest BCUT2D eigenvalue weighted by Gasteiger charge is -2.15. The predicted molar refractivity (Wildman–Crippen MR) is 118 cm³/mol. The Balaban J connectivity index is 1.56. The maximum absolute atomic E-state index is 6.15. The maximum atomic E-state index is 6.15. The molecule has 150 valence electrons. The minimum Gasteiger partial charge on any atom is -0.401 e. The molecule has 0 aliphatic heterocycles. The minimum atomic E-state index is 0.219. The Hall–Kier alpha value is -3.71. The van der Waals surface area contributed by atoms with Crippen LogP contribution in [0.4, 0.5) is 11.7 Å². The van der Waals surface area contributed by atoms with Crippen LogP contribution >= 0.6 is 11.6 Å². The molecule has 2 aromatic heterocycles. The van der Waals surface area contributed by atoms with Gasteiger partial charge in [0.05, 0.1) is 28.8 Å². The smallest absolute Gasteiger partial charge is 0.320 e. The van der Waals surface area contributed by atoms with E-state index in [1.165, 1.54) is 0 Å². The number of rotatable bonds is 6. The van der Waals surface area contributed by atoms with E-state index < -0.39 is 0 Å². The molecule has 30 heavy (non-hydrogen) atoms. The molecule has 0 radical (unpaired) electrons. The quantitative estimate of drug-likeness (QED) is 0.465. The van der Waals surface area contributed by atoms with Crippen molar-refractivity contribution in [1.29, 1.82) is 0 Å². The number of benzene rings is 2. The van der Waals surface area contributed by atoms with E-state index in [9.17, 15) is 0 Å². The van der Waals surface area contributed by atoms with Crippen molar-refractivity contribution in [3.63, 3.8) is 0 Å². The van der Waals surface area contributed by atoms with Crippen LogP contribution in [0.5, 0.6) is 0 Å². The first-order chi connectivity index (χ1) is 14.5. The average Bonchev–Trinajstić information content (AvgIpc) is 3.24. The van der Waals surface area contributed by atoms with Gasteiger partial charge >= 0.3 is 6.01 Å². The third-order valence-electron chi connectivity index (χ3n) is 4.45. The van der Waals surface area contributed by atoms with Crippen LogP contribution in [0.15, 0.2) is 71.9 Å². The van der Waals surface area contributed by atoms with E-state index in [1.54, 1.807) is 18.5 Å². The second kappa shape index (κ2) is 8.34. The molecule has 0 atom stereocenters. The van der Waals surface area contributed by atoms with Gasteiger partial charge in [0.25, 0.3) is 5.89 Å². The molecule has 0 saturated heterocycles. The number of nitrogens with one attached hydrogen (secondary N) is 1. The van der Waals surface area contributed by atoms with Gasteiger partial charge in [-0.15, -0.1) is 5.10 Å². The van der Waals surface area contributed by atoms with Gasteiger partial charge in [0.1, 0.15) is 5.69 Å². The zero-order valence-corrected chi connectivity index (χ0v) is 17.3. The first-order valence-corrected chi connectivity index (χ1v) is 9.53. The molecular weight excluding hydrogens is 400 g/mol. The number of halogens is 1. The maximum Gasteiger partial charge on any atom is 0.320 e. The van der Waals surface area contributed by atoms with Gasteiger partial charge in [-0.2, -0.15) is 0 Å². The SMILES string of the molecule is C=C(c1ccc(-c2cncc(-c3nnc(Nc4ccccc4Cl)o3)n2)cc1)N(C)C. The number of aromatic nitrogens is 4. The largest absolute Gasteiger partial charge is 0.401 e. The number of hydrogen-bond donors (Lipinski definition) is 1. The van der Waals surface area contributed by atoms with E-state index in [4.69, 9.17) is 16.0 Å². The second-order valence-corrected chi connectivity index (χ2v) is 7.13. The van der Waals surface area contributed by atoms with Crippen molar-refractivity contribution in [3.8, 4) is 22.8 Å². The van der Waals surface area contributed by atoms with Crippen molar-refractivity contribution in [1.82, 2.24) is 25.1 Å². The summed E-state index contributed by atoms with van der Waals surface area (Å²) in [6, 6.07) is 15.5. The number of para-hydroxylation sites is 1. The fraction of sp³-hybridized carbons (Fsp3) is 0.0909. The zero-order valence-electron chi connectivity index (χ0n) is 16.5.